The Morgan fingerprint density at radius 2 is 1.90 bits per heavy atom. The molecule has 1 aliphatic heterocycles. The molecule has 0 fully saturated rings. The number of aryl methyl sites for hydroxylation is 2. The van der Waals surface area contributed by atoms with Crippen LogP contribution in [0.3, 0.4) is 0 Å². The third-order valence-electron chi connectivity index (χ3n) is 5.32. The molecule has 1 aliphatic rings. The van der Waals surface area contributed by atoms with Gasteiger partial charge in [0.2, 0.25) is 5.91 Å². The number of nitrogens with zero attached hydrogens (tertiary/aromatic N) is 3. The first-order chi connectivity index (χ1) is 14.2. The van der Waals surface area contributed by atoms with Gasteiger partial charge >= 0.3 is 0 Å². The largest absolute Gasteiger partial charge is 0.361 e. The van der Waals surface area contributed by atoms with Crippen LogP contribution in [-0.4, -0.2) is 35.5 Å². The number of hydrogen-bond donors (Lipinski definition) is 2. The van der Waals surface area contributed by atoms with Crippen molar-refractivity contribution in [3.05, 3.63) is 52.4 Å². The van der Waals surface area contributed by atoms with Gasteiger partial charge in [-0.3, -0.25) is 9.79 Å². The fraction of sp³-hybridized carbons (Fsp3) is 0.500. The Labute approximate surface area is 172 Å². The van der Waals surface area contributed by atoms with Gasteiger partial charge in [0, 0.05) is 51.6 Å². The first-order valence-electron chi connectivity index (χ1n) is 10.4. The maximum atomic E-state index is 12.5. The Kier molecular flexibility index (Phi) is 7.27. The molecule has 29 heavy (non-hydrogen) atoms. The van der Waals surface area contributed by atoms with Crippen molar-refractivity contribution in [3.63, 3.8) is 0 Å². The Morgan fingerprint density at radius 3 is 2.52 bits per heavy atom. The lowest BCUT2D eigenvalue weighted by Gasteiger charge is -2.16. The van der Waals surface area contributed by atoms with Crippen molar-refractivity contribution in [1.29, 1.82) is 0 Å². The van der Waals surface area contributed by atoms with E-state index in [1.807, 2.05) is 17.0 Å². The number of nitrogens with one attached hydrogen (secondary N) is 2. The number of aliphatic imine (C=N–C) groups is 1. The summed E-state index contributed by atoms with van der Waals surface area (Å²) in [6.07, 6.45) is 2.96. The Morgan fingerprint density at radius 1 is 1.17 bits per heavy atom. The molecule has 2 heterocycles. The number of rotatable bonds is 8. The molecule has 0 saturated heterocycles. The molecular formula is C22H31N5O2. The van der Waals surface area contributed by atoms with Crippen LogP contribution in [0.2, 0.25) is 0 Å². The first kappa shape index (κ1) is 20.9. The second-order valence-corrected chi connectivity index (χ2v) is 7.21. The number of aromatic nitrogens is 1. The standard InChI is InChI=1S/C22H31N5O2/c1-4-19-18(20(5-2)29-26-19)13-25-22(23-3)24-12-8-11-21(28)27-14-16-9-6-7-10-17(16)15-27/h6-7,9-10H,4-5,8,11-15H2,1-3H3,(H2,23,24,25). The van der Waals surface area contributed by atoms with E-state index in [9.17, 15) is 4.79 Å². The average molecular weight is 398 g/mol. The Balaban J connectivity index is 1.39. The minimum Gasteiger partial charge on any atom is -0.361 e. The van der Waals surface area contributed by atoms with Gasteiger partial charge in [-0.1, -0.05) is 43.3 Å². The van der Waals surface area contributed by atoms with Gasteiger partial charge in [-0.05, 0) is 24.0 Å². The molecular weight excluding hydrogens is 366 g/mol. The van der Waals surface area contributed by atoms with Crippen LogP contribution in [0.1, 0.15) is 54.8 Å². The average Bonchev–Trinajstić information content (AvgIpc) is 3.36. The molecule has 1 aromatic heterocycles. The fourth-order valence-electron chi connectivity index (χ4n) is 3.64. The van der Waals surface area contributed by atoms with Crippen LogP contribution in [0.15, 0.2) is 33.8 Å². The van der Waals surface area contributed by atoms with Gasteiger partial charge in [-0.2, -0.15) is 0 Å². The van der Waals surface area contributed by atoms with E-state index in [1.165, 1.54) is 11.1 Å². The fourth-order valence-corrected chi connectivity index (χ4v) is 3.64. The van der Waals surface area contributed by atoms with Crippen molar-refractivity contribution in [2.45, 2.75) is 59.2 Å². The van der Waals surface area contributed by atoms with Crippen molar-refractivity contribution in [1.82, 2.24) is 20.7 Å². The normalized spacial score (nSPS) is 13.5. The van der Waals surface area contributed by atoms with Crippen molar-refractivity contribution in [3.8, 4) is 0 Å². The number of benzene rings is 1. The number of guanidine groups is 1. The van der Waals surface area contributed by atoms with E-state index in [0.717, 1.165) is 55.3 Å². The van der Waals surface area contributed by atoms with Gasteiger partial charge in [-0.25, -0.2) is 0 Å². The molecule has 2 aromatic rings. The van der Waals surface area contributed by atoms with E-state index in [-0.39, 0.29) is 5.91 Å². The van der Waals surface area contributed by atoms with Crippen molar-refractivity contribution in [2.75, 3.05) is 13.6 Å². The van der Waals surface area contributed by atoms with E-state index in [4.69, 9.17) is 4.52 Å². The summed E-state index contributed by atoms with van der Waals surface area (Å²) in [5.74, 6) is 1.84. The summed E-state index contributed by atoms with van der Waals surface area (Å²) >= 11 is 0. The zero-order valence-corrected chi connectivity index (χ0v) is 17.6. The molecule has 0 radical (unpaired) electrons. The Hall–Kier alpha value is -2.83. The molecule has 0 unspecified atom stereocenters. The lowest BCUT2D eigenvalue weighted by atomic mass is 10.1. The zero-order chi connectivity index (χ0) is 20.6. The lowest BCUT2D eigenvalue weighted by molar-refractivity contribution is -0.131. The van der Waals surface area contributed by atoms with Gasteiger partial charge < -0.3 is 20.1 Å². The van der Waals surface area contributed by atoms with Crippen LogP contribution in [0.4, 0.5) is 0 Å². The Bertz CT molecular complexity index is 812. The summed E-state index contributed by atoms with van der Waals surface area (Å²) < 4.78 is 5.41. The summed E-state index contributed by atoms with van der Waals surface area (Å²) in [6, 6.07) is 8.26. The monoisotopic (exact) mass is 397 g/mol. The van der Waals surface area contributed by atoms with Gasteiger partial charge in [0.1, 0.15) is 5.76 Å². The number of hydrogen-bond acceptors (Lipinski definition) is 4. The number of fused-ring (bicyclic) bond motifs is 1. The van der Waals surface area contributed by atoms with E-state index >= 15 is 0 Å². The van der Waals surface area contributed by atoms with E-state index in [1.54, 1.807) is 7.05 Å². The van der Waals surface area contributed by atoms with Crippen LogP contribution >= 0.6 is 0 Å². The molecule has 0 bridgehead atoms. The summed E-state index contributed by atoms with van der Waals surface area (Å²) in [5.41, 5.74) is 4.62. The molecule has 2 N–H and O–H groups in total. The quantitative estimate of drug-likeness (QED) is 0.407. The highest BCUT2D eigenvalue weighted by molar-refractivity contribution is 5.80. The molecule has 156 valence electrons. The predicted molar refractivity (Wildman–Crippen MR) is 113 cm³/mol. The summed E-state index contributed by atoms with van der Waals surface area (Å²) in [6.45, 7) is 6.90. The topological polar surface area (TPSA) is 82.8 Å². The maximum absolute atomic E-state index is 12.5. The van der Waals surface area contributed by atoms with Crippen molar-refractivity contribution < 1.29 is 9.32 Å². The molecule has 1 aromatic carbocycles. The molecule has 1 amide bonds. The second-order valence-electron chi connectivity index (χ2n) is 7.21. The molecule has 7 heteroatoms. The third-order valence-corrected chi connectivity index (χ3v) is 5.32. The van der Waals surface area contributed by atoms with Gasteiger partial charge in [0.25, 0.3) is 0 Å². The summed E-state index contributed by atoms with van der Waals surface area (Å²) in [4.78, 5) is 18.7. The number of carbonyl (C=O) groups is 1. The molecule has 0 spiro atoms. The maximum Gasteiger partial charge on any atom is 0.223 e. The summed E-state index contributed by atoms with van der Waals surface area (Å²) in [5, 5.41) is 10.7. The van der Waals surface area contributed by atoms with Gasteiger partial charge in [0.15, 0.2) is 5.96 Å². The van der Waals surface area contributed by atoms with Crippen molar-refractivity contribution in [2.24, 2.45) is 4.99 Å². The zero-order valence-electron chi connectivity index (χ0n) is 17.6. The minimum absolute atomic E-state index is 0.204. The van der Waals surface area contributed by atoms with Crippen LogP contribution in [-0.2, 0) is 37.3 Å². The third kappa shape index (κ3) is 5.16. The molecule has 0 atom stereocenters. The van der Waals surface area contributed by atoms with Gasteiger partial charge in [-0.15, -0.1) is 0 Å². The second kappa shape index (κ2) is 10.1. The molecule has 0 aliphatic carbocycles. The number of carbonyl (C=O) groups excluding carboxylic acids is 1. The first-order valence-corrected chi connectivity index (χ1v) is 10.4. The van der Waals surface area contributed by atoms with Crippen LogP contribution in [0, 0.1) is 0 Å². The van der Waals surface area contributed by atoms with E-state index in [2.05, 4.69) is 46.8 Å². The molecule has 7 nitrogen and oxygen atoms in total. The summed E-state index contributed by atoms with van der Waals surface area (Å²) in [7, 11) is 1.75. The lowest BCUT2D eigenvalue weighted by Crippen LogP contribution is -2.38. The highest BCUT2D eigenvalue weighted by atomic mass is 16.5. The van der Waals surface area contributed by atoms with Gasteiger partial charge in [0.05, 0.1) is 5.69 Å². The highest BCUT2D eigenvalue weighted by Crippen LogP contribution is 2.22. The SMILES string of the molecule is CCc1noc(CC)c1CNC(=NC)NCCCC(=O)N1Cc2ccccc2C1. The van der Waals surface area contributed by atoms with Crippen LogP contribution < -0.4 is 10.6 Å². The predicted octanol–water partition coefficient (Wildman–Crippen LogP) is 2.79. The van der Waals surface area contributed by atoms with Crippen LogP contribution in [0.25, 0.3) is 0 Å². The van der Waals surface area contributed by atoms with E-state index < -0.39 is 0 Å². The van der Waals surface area contributed by atoms with E-state index in [0.29, 0.717) is 19.5 Å². The molecule has 3 rings (SSSR count). The molecule has 0 saturated carbocycles. The minimum atomic E-state index is 0.204. The highest BCUT2D eigenvalue weighted by Gasteiger charge is 2.22. The van der Waals surface area contributed by atoms with Crippen LogP contribution in [0.5, 0.6) is 0 Å². The number of amides is 1. The van der Waals surface area contributed by atoms with Crippen molar-refractivity contribution >= 4 is 11.9 Å². The smallest absolute Gasteiger partial charge is 0.223 e.